The smallest absolute Gasteiger partial charge is 0.312 e. The Kier molecular flexibility index (Phi) is 10.2. The summed E-state index contributed by atoms with van der Waals surface area (Å²) >= 11 is 0. The van der Waals surface area contributed by atoms with E-state index in [1.165, 1.54) is 6.42 Å². The summed E-state index contributed by atoms with van der Waals surface area (Å²) < 4.78 is 10.9. The maximum atomic E-state index is 12.8. The fraction of sp³-hybridized carbons (Fsp3) is 0.864. The fourth-order valence-corrected chi connectivity index (χ4v) is 3.93. The summed E-state index contributed by atoms with van der Waals surface area (Å²) in [6.07, 6.45) is 4.28. The van der Waals surface area contributed by atoms with Crippen LogP contribution in [0.4, 0.5) is 0 Å². The quantitative estimate of drug-likeness (QED) is 0.409. The van der Waals surface area contributed by atoms with Crippen LogP contribution in [0.5, 0.6) is 0 Å². The topological polar surface area (TPSA) is 89.9 Å². The largest absolute Gasteiger partial charge is 0.483 e. The first kappa shape index (κ1) is 26.4. The minimum atomic E-state index is -0.637. The lowest BCUT2D eigenvalue weighted by Gasteiger charge is -2.48. The maximum absolute atomic E-state index is 12.8. The van der Waals surface area contributed by atoms with Gasteiger partial charge in [-0.25, -0.2) is 0 Å². The van der Waals surface area contributed by atoms with Crippen LogP contribution in [0.1, 0.15) is 81.1 Å². The Morgan fingerprint density at radius 1 is 0.929 bits per heavy atom. The normalized spacial score (nSPS) is 20.4. The van der Waals surface area contributed by atoms with Gasteiger partial charge in [-0.1, -0.05) is 61.3 Å². The van der Waals surface area contributed by atoms with E-state index >= 15 is 0 Å². The van der Waals surface area contributed by atoms with Crippen molar-refractivity contribution in [1.29, 1.82) is 0 Å². The molecule has 0 aliphatic heterocycles. The van der Waals surface area contributed by atoms with Crippen molar-refractivity contribution < 1.29 is 29.0 Å². The Bertz CT molecular complexity index is 498. The molecule has 6 nitrogen and oxygen atoms in total. The third-order valence-electron chi connectivity index (χ3n) is 6.38. The Labute approximate surface area is 170 Å². The molecule has 164 valence electrons. The lowest BCUT2D eigenvalue weighted by molar-refractivity contribution is -0.176. The van der Waals surface area contributed by atoms with Crippen molar-refractivity contribution in [2.24, 2.45) is 28.1 Å². The lowest BCUT2D eigenvalue weighted by Crippen LogP contribution is -2.51. The summed E-state index contributed by atoms with van der Waals surface area (Å²) in [5.41, 5.74) is -1.12. The van der Waals surface area contributed by atoms with E-state index < -0.39 is 5.41 Å². The van der Waals surface area contributed by atoms with Gasteiger partial charge in [0.1, 0.15) is 13.2 Å². The average molecular weight is 401 g/mol. The molecule has 6 heteroatoms. The third-order valence-corrected chi connectivity index (χ3v) is 6.38. The van der Waals surface area contributed by atoms with Crippen molar-refractivity contribution in [3.63, 3.8) is 0 Å². The van der Waals surface area contributed by atoms with Gasteiger partial charge in [0, 0.05) is 0 Å². The van der Waals surface area contributed by atoms with Gasteiger partial charge in [0.15, 0.2) is 0 Å². The number of hydrogen-bond acceptors (Lipinski definition) is 5. The minimum Gasteiger partial charge on any atom is -0.483 e. The highest BCUT2D eigenvalue weighted by Crippen LogP contribution is 2.52. The molecule has 0 radical (unpaired) electrons. The second-order valence-corrected chi connectivity index (χ2v) is 9.90. The molecule has 0 aromatic heterocycles. The molecule has 0 spiro atoms. The van der Waals surface area contributed by atoms with Crippen molar-refractivity contribution in [2.75, 3.05) is 13.2 Å². The van der Waals surface area contributed by atoms with Crippen molar-refractivity contribution in [2.45, 2.75) is 81.1 Å². The van der Waals surface area contributed by atoms with Crippen LogP contribution in [0.2, 0.25) is 0 Å². The summed E-state index contributed by atoms with van der Waals surface area (Å²) in [6, 6.07) is 0. The van der Waals surface area contributed by atoms with E-state index in [0.29, 0.717) is 5.92 Å². The van der Waals surface area contributed by atoms with Crippen molar-refractivity contribution >= 4 is 18.4 Å². The molecule has 1 rings (SSSR count). The summed E-state index contributed by atoms with van der Waals surface area (Å²) in [4.78, 5) is 33.4. The molecule has 0 saturated heterocycles. The number of carbonyl (C=O) groups excluding carboxylic acids is 2. The highest BCUT2D eigenvalue weighted by atomic mass is 16.6. The first-order valence-electron chi connectivity index (χ1n) is 10.2. The molecule has 0 aromatic carbocycles. The number of carbonyl (C=O) groups is 3. The predicted molar refractivity (Wildman–Crippen MR) is 109 cm³/mol. The van der Waals surface area contributed by atoms with E-state index in [9.17, 15) is 9.59 Å². The molecule has 2 unspecified atom stereocenters. The lowest BCUT2D eigenvalue weighted by atomic mass is 9.55. The van der Waals surface area contributed by atoms with E-state index in [4.69, 9.17) is 19.4 Å². The molecule has 0 bridgehead atoms. The number of esters is 2. The van der Waals surface area contributed by atoms with Crippen LogP contribution in [0.15, 0.2) is 0 Å². The van der Waals surface area contributed by atoms with Gasteiger partial charge >= 0.3 is 11.9 Å². The second kappa shape index (κ2) is 10.8. The Morgan fingerprint density at radius 2 is 1.36 bits per heavy atom. The fourth-order valence-electron chi connectivity index (χ4n) is 3.93. The molecule has 1 N–H and O–H groups in total. The zero-order chi connectivity index (χ0) is 22.2. The minimum absolute atomic E-state index is 0.00105. The van der Waals surface area contributed by atoms with Gasteiger partial charge in [-0.3, -0.25) is 14.4 Å². The van der Waals surface area contributed by atoms with Crippen molar-refractivity contribution in [1.82, 2.24) is 0 Å². The third kappa shape index (κ3) is 6.78. The number of rotatable bonds is 5. The van der Waals surface area contributed by atoms with Gasteiger partial charge in [-0.15, -0.1) is 0 Å². The van der Waals surface area contributed by atoms with Crippen LogP contribution in [-0.2, 0) is 23.9 Å². The predicted octanol–water partition coefficient (Wildman–Crippen LogP) is 4.70. The number of carboxylic acid groups (broad SMARTS) is 1. The molecule has 1 aliphatic carbocycles. The monoisotopic (exact) mass is 400 g/mol. The zero-order valence-corrected chi connectivity index (χ0v) is 19.0. The second-order valence-electron chi connectivity index (χ2n) is 9.90. The van der Waals surface area contributed by atoms with Gasteiger partial charge in [-0.05, 0) is 36.5 Å². The van der Waals surface area contributed by atoms with Gasteiger partial charge < -0.3 is 14.6 Å². The number of hydrogen-bond donors (Lipinski definition) is 1. The molecule has 0 aromatic rings. The average Bonchev–Trinajstić information content (AvgIpc) is 2.56. The van der Waals surface area contributed by atoms with Gasteiger partial charge in [0.25, 0.3) is 6.47 Å². The molecular formula is C22H40O6. The Hall–Kier alpha value is -1.59. The molecule has 2 atom stereocenters. The summed E-state index contributed by atoms with van der Waals surface area (Å²) in [7, 11) is 0. The molecule has 1 saturated carbocycles. The maximum Gasteiger partial charge on any atom is 0.312 e. The SMILES string of the molecule is CC1CCCCC1C(=O)OCCOC(=O)C(C)(C(C)(C)C)C(C)(C)C.O=CO. The highest BCUT2D eigenvalue weighted by molar-refractivity contribution is 5.78. The van der Waals surface area contributed by atoms with Crippen LogP contribution in [0.3, 0.4) is 0 Å². The highest BCUT2D eigenvalue weighted by Gasteiger charge is 2.53. The van der Waals surface area contributed by atoms with E-state index in [1.54, 1.807) is 0 Å². The van der Waals surface area contributed by atoms with Crippen LogP contribution < -0.4 is 0 Å². The number of ether oxygens (including phenoxy) is 2. The van der Waals surface area contributed by atoms with E-state index in [-0.39, 0.29) is 48.4 Å². The van der Waals surface area contributed by atoms with Gasteiger partial charge in [0.05, 0.1) is 11.3 Å². The molecule has 28 heavy (non-hydrogen) atoms. The Balaban J connectivity index is 0.00000227. The molecular weight excluding hydrogens is 360 g/mol. The van der Waals surface area contributed by atoms with E-state index in [1.807, 2.05) is 6.92 Å². The molecule has 0 heterocycles. The summed E-state index contributed by atoms with van der Waals surface area (Å²) in [5, 5.41) is 6.89. The van der Waals surface area contributed by atoms with Crippen molar-refractivity contribution in [3.8, 4) is 0 Å². The zero-order valence-electron chi connectivity index (χ0n) is 19.0. The molecule has 1 fully saturated rings. The standard InChI is InChI=1S/C21H38O4.CH2O2/c1-15-11-9-10-12-16(15)17(22)24-13-14-25-18(23)21(8,19(2,3)4)20(5,6)7;2-1-3/h15-16H,9-14H2,1-8H3;1H,(H,2,3). The summed E-state index contributed by atoms with van der Waals surface area (Å²) in [5.74, 6) is 0.0139. The first-order valence-corrected chi connectivity index (χ1v) is 10.2. The van der Waals surface area contributed by atoms with Crippen LogP contribution in [0.25, 0.3) is 0 Å². The summed E-state index contributed by atoms with van der Waals surface area (Å²) in [6.45, 7) is 16.4. The molecule has 1 aliphatic rings. The van der Waals surface area contributed by atoms with Crippen molar-refractivity contribution in [3.05, 3.63) is 0 Å². The van der Waals surface area contributed by atoms with Crippen LogP contribution >= 0.6 is 0 Å². The van der Waals surface area contributed by atoms with E-state index in [2.05, 4.69) is 48.5 Å². The van der Waals surface area contributed by atoms with Crippen LogP contribution in [-0.4, -0.2) is 36.7 Å². The van der Waals surface area contributed by atoms with Gasteiger partial charge in [-0.2, -0.15) is 0 Å². The van der Waals surface area contributed by atoms with Gasteiger partial charge in [0.2, 0.25) is 0 Å². The first-order chi connectivity index (χ1) is 12.7. The molecule has 0 amide bonds. The van der Waals surface area contributed by atoms with Crippen LogP contribution in [0, 0.1) is 28.1 Å². The Morgan fingerprint density at radius 3 is 1.79 bits per heavy atom. The van der Waals surface area contributed by atoms with E-state index in [0.717, 1.165) is 19.3 Å².